The minimum absolute atomic E-state index is 0.155. The Morgan fingerprint density at radius 3 is 2.19 bits per heavy atom. The Hall–Kier alpha value is -4.60. The molecule has 0 spiro atoms. The van der Waals surface area contributed by atoms with E-state index in [0.29, 0.717) is 30.9 Å². The number of nitrogens with zero attached hydrogens (tertiary/aromatic N) is 1. The lowest BCUT2D eigenvalue weighted by Crippen LogP contribution is -2.46. The van der Waals surface area contributed by atoms with Crippen molar-refractivity contribution in [2.45, 2.75) is 64.5 Å². The molecule has 0 radical (unpaired) electrons. The van der Waals surface area contributed by atoms with Crippen LogP contribution < -0.4 is 21.1 Å². The standard InChI is InChI=1S/C28H36N2O6.C5H6N2/c1-28(2,3)36-27(34)29-18-19-12-14-21(15-13-19)25(31)30-24(26(32)33)17-20-8-7-11-23(16-20)35-22-9-5-4-6-10-22;6-5-1-3-7-4-2-5/h4-11,16,19,21,24H,12-15,17-18H2,1-3H3,(H,29,34)(H,30,31)(H,32,33);1-4H,(H2,6,7). The summed E-state index contributed by atoms with van der Waals surface area (Å²) in [5.74, 6) is 0.00861. The first-order chi connectivity index (χ1) is 20.5. The van der Waals surface area contributed by atoms with Crippen molar-refractivity contribution in [2.75, 3.05) is 12.3 Å². The molecular formula is C33H42N4O6. The van der Waals surface area contributed by atoms with E-state index in [0.717, 1.165) is 24.1 Å². The number of rotatable bonds is 9. The smallest absolute Gasteiger partial charge is 0.407 e. The number of alkyl carbamates (subject to hydrolysis) is 1. The van der Waals surface area contributed by atoms with Gasteiger partial charge in [0.2, 0.25) is 5.91 Å². The molecule has 1 atom stereocenters. The summed E-state index contributed by atoms with van der Waals surface area (Å²) < 4.78 is 11.1. The highest BCUT2D eigenvalue weighted by atomic mass is 16.6. The normalized spacial score (nSPS) is 16.9. The predicted octanol–water partition coefficient (Wildman–Crippen LogP) is 5.59. The van der Waals surface area contributed by atoms with Gasteiger partial charge in [-0.3, -0.25) is 9.78 Å². The van der Waals surface area contributed by atoms with Gasteiger partial charge < -0.3 is 30.9 Å². The number of hydrogen-bond acceptors (Lipinski definition) is 7. The molecule has 1 unspecified atom stereocenters. The fraction of sp³-hybridized carbons (Fsp3) is 0.394. The second-order valence-electron chi connectivity index (χ2n) is 11.5. The van der Waals surface area contributed by atoms with Crippen molar-refractivity contribution in [2.24, 2.45) is 11.8 Å². The van der Waals surface area contributed by atoms with Gasteiger partial charge >= 0.3 is 12.1 Å². The average molecular weight is 591 g/mol. The topological polar surface area (TPSA) is 153 Å². The molecule has 43 heavy (non-hydrogen) atoms. The van der Waals surface area contributed by atoms with Crippen LogP contribution in [0.4, 0.5) is 10.5 Å². The zero-order valence-corrected chi connectivity index (χ0v) is 25.0. The van der Waals surface area contributed by atoms with Crippen LogP contribution in [0.25, 0.3) is 0 Å². The first-order valence-corrected chi connectivity index (χ1v) is 14.5. The van der Waals surface area contributed by atoms with E-state index in [4.69, 9.17) is 15.2 Å². The number of aromatic nitrogens is 1. The maximum atomic E-state index is 12.9. The Kier molecular flexibility index (Phi) is 12.4. The maximum Gasteiger partial charge on any atom is 0.407 e. The first kappa shape index (κ1) is 32.9. The number of nitrogen functional groups attached to an aromatic ring is 1. The van der Waals surface area contributed by atoms with Crippen LogP contribution in [0.15, 0.2) is 79.1 Å². The van der Waals surface area contributed by atoms with E-state index >= 15 is 0 Å². The average Bonchev–Trinajstić information content (AvgIpc) is 2.96. The van der Waals surface area contributed by atoms with Gasteiger partial charge in [-0.05, 0) is 94.3 Å². The Balaban J connectivity index is 0.000000633. The molecule has 0 bridgehead atoms. The Labute approximate surface area is 253 Å². The number of carboxylic acids is 1. The number of benzene rings is 2. The van der Waals surface area contributed by atoms with E-state index in [1.165, 1.54) is 0 Å². The van der Waals surface area contributed by atoms with Gasteiger partial charge in [-0.15, -0.1) is 0 Å². The molecule has 1 aromatic heterocycles. The molecule has 10 heteroatoms. The third-order valence-corrected chi connectivity index (χ3v) is 6.79. The largest absolute Gasteiger partial charge is 0.480 e. The lowest BCUT2D eigenvalue weighted by Gasteiger charge is -2.29. The van der Waals surface area contributed by atoms with Crippen LogP contribution in [0.1, 0.15) is 52.0 Å². The van der Waals surface area contributed by atoms with Gasteiger partial charge in [0.15, 0.2) is 0 Å². The summed E-state index contributed by atoms with van der Waals surface area (Å²) in [5.41, 5.74) is 6.29. The van der Waals surface area contributed by atoms with Crippen molar-refractivity contribution in [3.05, 3.63) is 84.7 Å². The van der Waals surface area contributed by atoms with E-state index in [1.54, 1.807) is 42.7 Å². The maximum absolute atomic E-state index is 12.9. The van der Waals surface area contributed by atoms with Crippen LogP contribution in [0.3, 0.4) is 0 Å². The molecular weight excluding hydrogens is 548 g/mol. The van der Waals surface area contributed by atoms with Crippen molar-refractivity contribution in [3.8, 4) is 11.5 Å². The molecule has 3 aromatic rings. The Morgan fingerprint density at radius 1 is 0.953 bits per heavy atom. The number of para-hydroxylation sites is 1. The van der Waals surface area contributed by atoms with Crippen LogP contribution in [0.2, 0.25) is 0 Å². The summed E-state index contributed by atoms with van der Waals surface area (Å²) in [7, 11) is 0. The molecule has 0 saturated heterocycles. The third kappa shape index (κ3) is 12.4. The highest BCUT2D eigenvalue weighted by Crippen LogP contribution is 2.29. The van der Waals surface area contributed by atoms with Crippen LogP contribution in [-0.4, -0.2) is 46.2 Å². The van der Waals surface area contributed by atoms with E-state index in [-0.39, 0.29) is 24.2 Å². The van der Waals surface area contributed by atoms with E-state index < -0.39 is 23.7 Å². The number of hydrogen-bond donors (Lipinski definition) is 4. The number of nitrogens with one attached hydrogen (secondary N) is 2. The lowest BCUT2D eigenvalue weighted by atomic mass is 9.81. The van der Waals surface area contributed by atoms with Gasteiger partial charge in [-0.25, -0.2) is 9.59 Å². The Morgan fingerprint density at radius 2 is 1.60 bits per heavy atom. The van der Waals surface area contributed by atoms with Crippen LogP contribution in [-0.2, 0) is 20.7 Å². The fourth-order valence-electron chi connectivity index (χ4n) is 4.62. The van der Waals surface area contributed by atoms with Crippen molar-refractivity contribution >= 4 is 23.7 Å². The second-order valence-corrected chi connectivity index (χ2v) is 11.5. The minimum Gasteiger partial charge on any atom is -0.480 e. The monoisotopic (exact) mass is 590 g/mol. The zero-order valence-electron chi connectivity index (χ0n) is 25.0. The van der Waals surface area contributed by atoms with Crippen molar-refractivity contribution in [1.82, 2.24) is 15.6 Å². The first-order valence-electron chi connectivity index (χ1n) is 14.5. The van der Waals surface area contributed by atoms with Crippen molar-refractivity contribution < 1.29 is 29.0 Å². The van der Waals surface area contributed by atoms with E-state index in [1.807, 2.05) is 57.2 Å². The zero-order chi connectivity index (χ0) is 31.2. The van der Waals surface area contributed by atoms with Gasteiger partial charge in [0.25, 0.3) is 0 Å². The quantitative estimate of drug-likeness (QED) is 0.252. The SMILES string of the molecule is CC(C)(C)OC(=O)NCC1CCC(C(=O)NC(Cc2cccc(Oc3ccccc3)c2)C(=O)O)CC1.Nc1ccncc1. The van der Waals surface area contributed by atoms with Gasteiger partial charge in [-0.2, -0.15) is 0 Å². The van der Waals surface area contributed by atoms with Crippen molar-refractivity contribution in [1.29, 1.82) is 0 Å². The molecule has 1 fully saturated rings. The number of amides is 2. The summed E-state index contributed by atoms with van der Waals surface area (Å²) >= 11 is 0. The predicted molar refractivity (Wildman–Crippen MR) is 165 cm³/mol. The number of carbonyl (C=O) groups excluding carboxylic acids is 2. The molecule has 0 aliphatic heterocycles. The summed E-state index contributed by atoms with van der Waals surface area (Å²) in [6.07, 6.45) is 5.91. The minimum atomic E-state index is -1.08. The van der Waals surface area contributed by atoms with Crippen LogP contribution in [0, 0.1) is 11.8 Å². The number of nitrogens with two attached hydrogens (primary N) is 1. The third-order valence-electron chi connectivity index (χ3n) is 6.79. The van der Waals surface area contributed by atoms with Gasteiger partial charge in [0, 0.05) is 37.0 Å². The van der Waals surface area contributed by atoms with Gasteiger partial charge in [0.05, 0.1) is 0 Å². The molecule has 230 valence electrons. The van der Waals surface area contributed by atoms with Crippen LogP contribution >= 0.6 is 0 Å². The molecule has 1 heterocycles. The highest BCUT2D eigenvalue weighted by molar-refractivity contribution is 5.85. The molecule has 2 amide bonds. The van der Waals surface area contributed by atoms with Crippen LogP contribution in [0.5, 0.6) is 11.5 Å². The molecule has 1 aliphatic carbocycles. The summed E-state index contributed by atoms with van der Waals surface area (Å²) in [6.45, 7) is 5.95. The molecule has 4 rings (SSSR count). The number of aliphatic carboxylic acids is 1. The molecule has 2 aromatic carbocycles. The summed E-state index contributed by atoms with van der Waals surface area (Å²) in [4.78, 5) is 40.4. The fourth-order valence-corrected chi connectivity index (χ4v) is 4.62. The Bertz CT molecular complexity index is 1310. The number of ether oxygens (including phenoxy) is 2. The summed E-state index contributed by atoms with van der Waals surface area (Å²) in [5, 5.41) is 15.3. The lowest BCUT2D eigenvalue weighted by molar-refractivity contribution is -0.142. The molecule has 1 aliphatic rings. The highest BCUT2D eigenvalue weighted by Gasteiger charge is 2.30. The number of carbonyl (C=O) groups is 3. The van der Waals surface area contributed by atoms with Gasteiger partial charge in [-0.1, -0.05) is 30.3 Å². The number of anilines is 1. The number of pyridine rings is 1. The molecule has 10 nitrogen and oxygen atoms in total. The molecule has 5 N–H and O–H groups in total. The second kappa shape index (κ2) is 16.1. The van der Waals surface area contributed by atoms with Gasteiger partial charge in [0.1, 0.15) is 23.1 Å². The number of carboxylic acid groups (broad SMARTS) is 1. The van der Waals surface area contributed by atoms with E-state index in [9.17, 15) is 19.5 Å². The van der Waals surface area contributed by atoms with E-state index in [2.05, 4.69) is 15.6 Å². The van der Waals surface area contributed by atoms with Crippen molar-refractivity contribution in [3.63, 3.8) is 0 Å². The summed E-state index contributed by atoms with van der Waals surface area (Å²) in [6, 6.07) is 19.0. The molecule has 1 saturated carbocycles.